The van der Waals surface area contributed by atoms with Crippen LogP contribution in [0.5, 0.6) is 0 Å². The molecular weight excluding hydrogens is 462 g/mol. The number of carbonyl (C=O) groups excluding carboxylic acids is 1. The highest BCUT2D eigenvalue weighted by molar-refractivity contribution is 7.92. The molecule has 0 saturated heterocycles. The van der Waals surface area contributed by atoms with Crippen LogP contribution in [0, 0.1) is 0 Å². The van der Waals surface area contributed by atoms with Gasteiger partial charge in [0.25, 0.3) is 15.9 Å². The Hall–Kier alpha value is -3.98. The number of aryl methyl sites for hydroxylation is 1. The lowest BCUT2D eigenvalue weighted by molar-refractivity contribution is 0.102. The van der Waals surface area contributed by atoms with E-state index in [9.17, 15) is 13.2 Å². The Kier molecular flexibility index (Phi) is 6.33. The second-order valence-corrected chi connectivity index (χ2v) is 10.1. The Morgan fingerprint density at radius 2 is 1.63 bits per heavy atom. The molecule has 9 heteroatoms. The molecule has 1 amide bonds. The first-order valence-electron chi connectivity index (χ1n) is 11.5. The molecule has 0 radical (unpaired) electrons. The van der Waals surface area contributed by atoms with Gasteiger partial charge in [0.2, 0.25) is 0 Å². The van der Waals surface area contributed by atoms with E-state index in [1.165, 1.54) is 18.6 Å². The molecule has 0 fully saturated rings. The van der Waals surface area contributed by atoms with Crippen molar-refractivity contribution < 1.29 is 13.2 Å². The maximum atomic E-state index is 12.8. The first-order valence-corrected chi connectivity index (χ1v) is 13.0. The third-order valence-electron chi connectivity index (χ3n) is 5.94. The summed E-state index contributed by atoms with van der Waals surface area (Å²) >= 11 is 0. The third-order valence-corrected chi connectivity index (χ3v) is 7.34. The summed E-state index contributed by atoms with van der Waals surface area (Å²) < 4.78 is 29.7. The summed E-state index contributed by atoms with van der Waals surface area (Å²) in [6, 6.07) is 22.0. The van der Waals surface area contributed by atoms with Crippen molar-refractivity contribution in [1.82, 2.24) is 14.8 Å². The van der Waals surface area contributed by atoms with Crippen LogP contribution in [0.25, 0.3) is 11.4 Å². The number of sulfonamides is 1. The lowest BCUT2D eigenvalue weighted by Crippen LogP contribution is -2.14. The van der Waals surface area contributed by atoms with Gasteiger partial charge in [-0.2, -0.15) is 0 Å². The Morgan fingerprint density at radius 1 is 0.829 bits per heavy atom. The van der Waals surface area contributed by atoms with Crippen molar-refractivity contribution in [2.24, 2.45) is 0 Å². The summed E-state index contributed by atoms with van der Waals surface area (Å²) in [6.45, 7) is 0.897. The highest BCUT2D eigenvalue weighted by Gasteiger charge is 2.17. The number of nitrogens with zero attached hydrogens (tertiary/aromatic N) is 3. The van der Waals surface area contributed by atoms with Crippen molar-refractivity contribution in [3.8, 4) is 11.4 Å². The molecule has 0 spiro atoms. The summed E-state index contributed by atoms with van der Waals surface area (Å²) in [5.74, 6) is 1.53. The monoisotopic (exact) mass is 487 g/mol. The Morgan fingerprint density at radius 3 is 2.43 bits per heavy atom. The molecule has 8 nitrogen and oxygen atoms in total. The van der Waals surface area contributed by atoms with Gasteiger partial charge in [-0.3, -0.25) is 9.52 Å². The van der Waals surface area contributed by atoms with Gasteiger partial charge in [0, 0.05) is 35.5 Å². The third kappa shape index (κ3) is 5.09. The fraction of sp³-hybridized carbons (Fsp3) is 0.192. The number of fused-ring (bicyclic) bond motifs is 1. The minimum Gasteiger partial charge on any atom is -0.322 e. The van der Waals surface area contributed by atoms with Crippen molar-refractivity contribution in [3.05, 3.63) is 90.3 Å². The van der Waals surface area contributed by atoms with Crippen molar-refractivity contribution >= 4 is 27.3 Å². The Labute approximate surface area is 204 Å². The zero-order chi connectivity index (χ0) is 24.3. The molecule has 1 aliphatic heterocycles. The van der Waals surface area contributed by atoms with E-state index < -0.39 is 10.0 Å². The highest BCUT2D eigenvalue weighted by Crippen LogP contribution is 2.25. The predicted octanol–water partition coefficient (Wildman–Crippen LogP) is 4.72. The number of hydrogen-bond donors (Lipinski definition) is 2. The standard InChI is InChI=1S/C26H25N5O3S/c32-26(19-13-15-21(16-14-19)30-35(33,34)23-10-3-1-4-11-23)27-22-9-7-8-20(18-22)25-29-28-24-12-5-2-6-17-31(24)25/h1,3-4,7-11,13-16,18,30H,2,5-6,12,17H2,(H,27,32). The molecule has 5 rings (SSSR count). The van der Waals surface area contributed by atoms with Gasteiger partial charge >= 0.3 is 0 Å². The summed E-state index contributed by atoms with van der Waals surface area (Å²) in [5.41, 5.74) is 2.33. The molecular formula is C26H25N5O3S. The first kappa shape index (κ1) is 22.8. The lowest BCUT2D eigenvalue weighted by atomic mass is 10.1. The SMILES string of the molecule is O=C(Nc1cccc(-c2nnc3n2CCCCC3)c1)c1ccc(NS(=O)(=O)c2ccccc2)cc1. The molecule has 0 unspecified atom stereocenters. The molecule has 1 aromatic heterocycles. The molecule has 0 aliphatic carbocycles. The molecule has 0 saturated carbocycles. The normalized spacial score (nSPS) is 13.5. The number of hydrogen-bond acceptors (Lipinski definition) is 5. The molecule has 4 aromatic rings. The molecule has 2 heterocycles. The number of aromatic nitrogens is 3. The van der Waals surface area contributed by atoms with Gasteiger partial charge in [-0.1, -0.05) is 36.8 Å². The van der Waals surface area contributed by atoms with Crippen LogP contribution in [-0.2, 0) is 23.0 Å². The number of carbonyl (C=O) groups is 1. The second kappa shape index (κ2) is 9.71. The minimum absolute atomic E-state index is 0.172. The van der Waals surface area contributed by atoms with Gasteiger partial charge in [0.1, 0.15) is 5.82 Å². The summed E-state index contributed by atoms with van der Waals surface area (Å²) in [6.07, 6.45) is 4.35. The zero-order valence-electron chi connectivity index (χ0n) is 19.0. The number of anilines is 2. The van der Waals surface area contributed by atoms with E-state index in [0.717, 1.165) is 43.0 Å². The van der Waals surface area contributed by atoms with E-state index in [1.807, 2.05) is 24.3 Å². The largest absolute Gasteiger partial charge is 0.322 e. The van der Waals surface area contributed by atoms with E-state index in [0.29, 0.717) is 16.9 Å². The summed E-state index contributed by atoms with van der Waals surface area (Å²) in [7, 11) is -3.69. The van der Waals surface area contributed by atoms with Crippen LogP contribution in [0.1, 0.15) is 35.4 Å². The average molecular weight is 488 g/mol. The minimum atomic E-state index is -3.69. The van der Waals surface area contributed by atoms with Gasteiger partial charge in [-0.05, 0) is 61.4 Å². The first-order chi connectivity index (χ1) is 17.0. The van der Waals surface area contributed by atoms with Crippen molar-refractivity contribution in [1.29, 1.82) is 0 Å². The van der Waals surface area contributed by atoms with Crippen LogP contribution in [0.15, 0.2) is 83.8 Å². The predicted molar refractivity (Wildman–Crippen MR) is 135 cm³/mol. The molecule has 3 aromatic carbocycles. The fourth-order valence-electron chi connectivity index (χ4n) is 4.14. The molecule has 0 atom stereocenters. The van der Waals surface area contributed by atoms with E-state index >= 15 is 0 Å². The van der Waals surface area contributed by atoms with Crippen molar-refractivity contribution in [2.45, 2.75) is 37.1 Å². The van der Waals surface area contributed by atoms with Crippen LogP contribution >= 0.6 is 0 Å². The van der Waals surface area contributed by atoms with Crippen molar-refractivity contribution in [3.63, 3.8) is 0 Å². The van der Waals surface area contributed by atoms with Crippen LogP contribution in [-0.4, -0.2) is 29.1 Å². The molecule has 1 aliphatic rings. The number of amides is 1. The van der Waals surface area contributed by atoms with Gasteiger partial charge in [-0.15, -0.1) is 10.2 Å². The summed E-state index contributed by atoms with van der Waals surface area (Å²) in [4.78, 5) is 13.0. The number of rotatable bonds is 6. The van der Waals surface area contributed by atoms with Gasteiger partial charge in [0.15, 0.2) is 5.82 Å². The molecule has 2 N–H and O–H groups in total. The van der Waals surface area contributed by atoms with Crippen LogP contribution in [0.4, 0.5) is 11.4 Å². The smallest absolute Gasteiger partial charge is 0.261 e. The van der Waals surface area contributed by atoms with E-state index in [-0.39, 0.29) is 10.8 Å². The van der Waals surface area contributed by atoms with Crippen LogP contribution in [0.3, 0.4) is 0 Å². The Balaban J connectivity index is 1.29. The van der Waals surface area contributed by atoms with Gasteiger partial charge in [-0.25, -0.2) is 8.42 Å². The van der Waals surface area contributed by atoms with Gasteiger partial charge < -0.3 is 9.88 Å². The van der Waals surface area contributed by atoms with Crippen LogP contribution < -0.4 is 10.0 Å². The lowest BCUT2D eigenvalue weighted by Gasteiger charge is -2.11. The van der Waals surface area contributed by atoms with Gasteiger partial charge in [0.05, 0.1) is 4.90 Å². The molecule has 178 valence electrons. The summed E-state index contributed by atoms with van der Waals surface area (Å²) in [5, 5.41) is 11.7. The zero-order valence-corrected chi connectivity index (χ0v) is 19.8. The second-order valence-electron chi connectivity index (χ2n) is 8.43. The number of nitrogens with one attached hydrogen (secondary N) is 2. The quantitative estimate of drug-likeness (QED) is 0.409. The Bertz CT molecular complexity index is 1450. The average Bonchev–Trinajstić information content (AvgIpc) is 3.13. The molecule has 0 bridgehead atoms. The fourth-order valence-corrected chi connectivity index (χ4v) is 5.22. The highest BCUT2D eigenvalue weighted by atomic mass is 32.2. The number of benzene rings is 3. The van der Waals surface area contributed by atoms with Crippen LogP contribution in [0.2, 0.25) is 0 Å². The maximum Gasteiger partial charge on any atom is 0.261 e. The topological polar surface area (TPSA) is 106 Å². The van der Waals surface area contributed by atoms with E-state index in [1.54, 1.807) is 42.5 Å². The van der Waals surface area contributed by atoms with E-state index in [2.05, 4.69) is 24.8 Å². The maximum absolute atomic E-state index is 12.8. The molecule has 35 heavy (non-hydrogen) atoms. The van der Waals surface area contributed by atoms with Crippen molar-refractivity contribution in [2.75, 3.05) is 10.0 Å². The van der Waals surface area contributed by atoms with E-state index in [4.69, 9.17) is 0 Å².